The van der Waals surface area contributed by atoms with Gasteiger partial charge in [0.2, 0.25) is 0 Å². The predicted octanol–water partition coefficient (Wildman–Crippen LogP) is 4.02. The SMILES string of the molecule is CCCc1cccc(C(O)CCC2CCCCO2)c1. The predicted molar refractivity (Wildman–Crippen MR) is 78.2 cm³/mol. The van der Waals surface area contributed by atoms with E-state index in [4.69, 9.17) is 4.74 Å². The van der Waals surface area contributed by atoms with E-state index in [0.717, 1.165) is 44.3 Å². The van der Waals surface area contributed by atoms with Gasteiger partial charge in [0.1, 0.15) is 0 Å². The number of aryl methyl sites for hydroxylation is 1. The molecule has 2 nitrogen and oxygen atoms in total. The number of hydrogen-bond acceptors (Lipinski definition) is 2. The number of aliphatic hydroxyl groups excluding tert-OH is 1. The van der Waals surface area contributed by atoms with Gasteiger partial charge in [-0.3, -0.25) is 0 Å². The molecule has 0 radical (unpaired) electrons. The van der Waals surface area contributed by atoms with Crippen LogP contribution in [0.3, 0.4) is 0 Å². The summed E-state index contributed by atoms with van der Waals surface area (Å²) in [7, 11) is 0. The molecule has 0 spiro atoms. The highest BCUT2D eigenvalue weighted by Crippen LogP contribution is 2.24. The first-order valence-corrected chi connectivity index (χ1v) is 7.68. The Morgan fingerprint density at radius 1 is 1.37 bits per heavy atom. The maximum Gasteiger partial charge on any atom is 0.0791 e. The summed E-state index contributed by atoms with van der Waals surface area (Å²) >= 11 is 0. The van der Waals surface area contributed by atoms with E-state index in [-0.39, 0.29) is 6.10 Å². The molecule has 1 heterocycles. The van der Waals surface area contributed by atoms with E-state index in [2.05, 4.69) is 25.1 Å². The third kappa shape index (κ3) is 4.63. The van der Waals surface area contributed by atoms with Crippen molar-refractivity contribution in [1.29, 1.82) is 0 Å². The molecule has 1 N–H and O–H groups in total. The van der Waals surface area contributed by atoms with Gasteiger partial charge in [-0.2, -0.15) is 0 Å². The molecular weight excluding hydrogens is 236 g/mol. The van der Waals surface area contributed by atoms with Crippen LogP contribution in [0, 0.1) is 0 Å². The summed E-state index contributed by atoms with van der Waals surface area (Å²) in [6.45, 7) is 3.08. The van der Waals surface area contributed by atoms with Crippen LogP contribution in [0.25, 0.3) is 0 Å². The van der Waals surface area contributed by atoms with Gasteiger partial charge in [-0.15, -0.1) is 0 Å². The van der Waals surface area contributed by atoms with Gasteiger partial charge in [-0.05, 0) is 49.7 Å². The van der Waals surface area contributed by atoms with Crippen molar-refractivity contribution in [3.8, 4) is 0 Å². The average molecular weight is 262 g/mol. The van der Waals surface area contributed by atoms with Crippen molar-refractivity contribution >= 4 is 0 Å². The molecule has 0 aromatic heterocycles. The lowest BCUT2D eigenvalue weighted by molar-refractivity contribution is 0.00213. The Morgan fingerprint density at radius 3 is 3.00 bits per heavy atom. The van der Waals surface area contributed by atoms with Crippen molar-refractivity contribution in [2.75, 3.05) is 6.61 Å². The Kier molecular flexibility index (Phi) is 5.87. The standard InChI is InChI=1S/C17H26O2/c1-2-6-14-7-5-8-15(13-14)17(18)11-10-16-9-3-4-12-19-16/h5,7-8,13,16-18H,2-4,6,9-12H2,1H3. The van der Waals surface area contributed by atoms with Crippen LogP contribution < -0.4 is 0 Å². The molecule has 2 atom stereocenters. The van der Waals surface area contributed by atoms with Crippen LogP contribution in [0.5, 0.6) is 0 Å². The molecule has 1 saturated heterocycles. The van der Waals surface area contributed by atoms with Crippen molar-refractivity contribution < 1.29 is 9.84 Å². The van der Waals surface area contributed by atoms with Gasteiger partial charge < -0.3 is 9.84 Å². The van der Waals surface area contributed by atoms with E-state index in [9.17, 15) is 5.11 Å². The number of rotatable bonds is 6. The Morgan fingerprint density at radius 2 is 2.26 bits per heavy atom. The molecule has 1 fully saturated rings. The highest BCUT2D eigenvalue weighted by Gasteiger charge is 2.16. The molecule has 1 aliphatic rings. The molecule has 0 amide bonds. The van der Waals surface area contributed by atoms with Gasteiger partial charge in [0.05, 0.1) is 12.2 Å². The second-order valence-electron chi connectivity index (χ2n) is 5.58. The average Bonchev–Trinajstić information content (AvgIpc) is 2.46. The molecular formula is C17H26O2. The van der Waals surface area contributed by atoms with E-state index in [1.807, 2.05) is 6.07 Å². The molecule has 0 saturated carbocycles. The fourth-order valence-corrected chi connectivity index (χ4v) is 2.79. The molecule has 2 heteroatoms. The van der Waals surface area contributed by atoms with Gasteiger partial charge in [0.15, 0.2) is 0 Å². The van der Waals surface area contributed by atoms with Gasteiger partial charge in [-0.1, -0.05) is 37.6 Å². The molecule has 2 unspecified atom stereocenters. The van der Waals surface area contributed by atoms with Crippen molar-refractivity contribution in [3.63, 3.8) is 0 Å². The quantitative estimate of drug-likeness (QED) is 0.839. The van der Waals surface area contributed by atoms with E-state index in [1.54, 1.807) is 0 Å². The van der Waals surface area contributed by atoms with Crippen molar-refractivity contribution in [1.82, 2.24) is 0 Å². The number of hydrogen-bond donors (Lipinski definition) is 1. The third-order valence-electron chi connectivity index (χ3n) is 3.91. The van der Waals surface area contributed by atoms with E-state index >= 15 is 0 Å². The number of aliphatic hydroxyl groups is 1. The number of benzene rings is 1. The van der Waals surface area contributed by atoms with Crippen molar-refractivity contribution in [2.24, 2.45) is 0 Å². The maximum absolute atomic E-state index is 10.3. The molecule has 1 aromatic rings. The highest BCUT2D eigenvalue weighted by molar-refractivity contribution is 5.25. The molecule has 1 aromatic carbocycles. The Labute approximate surface area is 116 Å². The summed E-state index contributed by atoms with van der Waals surface area (Å²) < 4.78 is 5.72. The summed E-state index contributed by atoms with van der Waals surface area (Å²) in [6, 6.07) is 8.38. The summed E-state index contributed by atoms with van der Waals surface area (Å²) in [6.07, 6.45) is 7.65. The first-order chi connectivity index (χ1) is 9.29. The Hall–Kier alpha value is -0.860. The lowest BCUT2D eigenvalue weighted by Crippen LogP contribution is -2.19. The van der Waals surface area contributed by atoms with Gasteiger partial charge in [0, 0.05) is 6.61 Å². The molecule has 0 aliphatic carbocycles. The summed E-state index contributed by atoms with van der Waals surface area (Å²) in [5.74, 6) is 0. The fourth-order valence-electron chi connectivity index (χ4n) is 2.79. The Bertz CT molecular complexity index is 369. The van der Waals surface area contributed by atoms with Crippen molar-refractivity contribution in [3.05, 3.63) is 35.4 Å². The smallest absolute Gasteiger partial charge is 0.0791 e. The molecule has 0 bridgehead atoms. The minimum absolute atomic E-state index is 0.345. The minimum atomic E-state index is -0.345. The van der Waals surface area contributed by atoms with E-state index < -0.39 is 0 Å². The zero-order valence-electron chi connectivity index (χ0n) is 12.0. The van der Waals surface area contributed by atoms with Crippen LogP contribution in [-0.2, 0) is 11.2 Å². The molecule has 19 heavy (non-hydrogen) atoms. The zero-order chi connectivity index (χ0) is 13.5. The summed E-state index contributed by atoms with van der Waals surface area (Å²) in [5, 5.41) is 10.3. The van der Waals surface area contributed by atoms with Gasteiger partial charge in [-0.25, -0.2) is 0 Å². The molecule has 106 valence electrons. The van der Waals surface area contributed by atoms with E-state index in [1.165, 1.54) is 18.4 Å². The van der Waals surface area contributed by atoms with Crippen LogP contribution in [0.15, 0.2) is 24.3 Å². The largest absolute Gasteiger partial charge is 0.388 e. The molecule has 2 rings (SSSR count). The van der Waals surface area contributed by atoms with Gasteiger partial charge in [0.25, 0.3) is 0 Å². The Balaban J connectivity index is 1.84. The van der Waals surface area contributed by atoms with Gasteiger partial charge >= 0.3 is 0 Å². The normalized spacial score (nSPS) is 21.3. The third-order valence-corrected chi connectivity index (χ3v) is 3.91. The summed E-state index contributed by atoms with van der Waals surface area (Å²) in [5.41, 5.74) is 2.38. The van der Waals surface area contributed by atoms with Crippen molar-refractivity contribution in [2.45, 2.75) is 64.1 Å². The zero-order valence-corrected chi connectivity index (χ0v) is 12.0. The lowest BCUT2D eigenvalue weighted by Gasteiger charge is -2.23. The maximum atomic E-state index is 10.3. The van der Waals surface area contributed by atoms with Crippen LogP contribution in [-0.4, -0.2) is 17.8 Å². The van der Waals surface area contributed by atoms with Crippen LogP contribution in [0.4, 0.5) is 0 Å². The van der Waals surface area contributed by atoms with Crippen LogP contribution >= 0.6 is 0 Å². The summed E-state index contributed by atoms with van der Waals surface area (Å²) in [4.78, 5) is 0. The minimum Gasteiger partial charge on any atom is -0.388 e. The monoisotopic (exact) mass is 262 g/mol. The molecule has 1 aliphatic heterocycles. The first-order valence-electron chi connectivity index (χ1n) is 7.68. The first kappa shape index (κ1) is 14.5. The van der Waals surface area contributed by atoms with E-state index in [0.29, 0.717) is 6.10 Å². The fraction of sp³-hybridized carbons (Fsp3) is 0.647. The second-order valence-corrected chi connectivity index (χ2v) is 5.58. The second kappa shape index (κ2) is 7.66. The van der Waals surface area contributed by atoms with Crippen LogP contribution in [0.2, 0.25) is 0 Å². The highest BCUT2D eigenvalue weighted by atomic mass is 16.5. The lowest BCUT2D eigenvalue weighted by atomic mass is 9.97. The topological polar surface area (TPSA) is 29.5 Å². The van der Waals surface area contributed by atoms with Crippen LogP contribution in [0.1, 0.15) is 62.7 Å². The number of ether oxygens (including phenoxy) is 1.